The lowest BCUT2D eigenvalue weighted by molar-refractivity contribution is -0.134. The van der Waals surface area contributed by atoms with Gasteiger partial charge in [-0.2, -0.15) is 0 Å². The van der Waals surface area contributed by atoms with Crippen LogP contribution in [0.1, 0.15) is 39.0 Å². The fraction of sp³-hybridized carbons (Fsp3) is 0.471. The highest BCUT2D eigenvalue weighted by Crippen LogP contribution is 2.40. The average molecular weight is 301 g/mol. The molecule has 1 aromatic rings. The maximum atomic E-state index is 12.5. The van der Waals surface area contributed by atoms with Gasteiger partial charge in [-0.15, -0.1) is 0 Å². The van der Waals surface area contributed by atoms with Crippen LogP contribution in [0.15, 0.2) is 24.3 Å². The van der Waals surface area contributed by atoms with Gasteiger partial charge in [-0.25, -0.2) is 4.90 Å². The van der Waals surface area contributed by atoms with Gasteiger partial charge in [0.05, 0.1) is 17.5 Å². The molecule has 1 aliphatic heterocycles. The second-order valence-electron chi connectivity index (χ2n) is 5.83. The second kappa shape index (κ2) is 5.91. The first-order chi connectivity index (χ1) is 10.6. The Morgan fingerprint density at radius 3 is 2.41 bits per heavy atom. The van der Waals surface area contributed by atoms with E-state index in [-0.39, 0.29) is 36.0 Å². The molecule has 5 nitrogen and oxygen atoms in total. The molecule has 2 fully saturated rings. The quantitative estimate of drug-likeness (QED) is 0.489. The molecule has 1 heterocycles. The standard InChI is InChI=1S/C17H19NO4/c1-2-15(19)22-12-7-5-6-11(10-12)18-16(20)13-8-3-4-9-14(13)17(18)21/h5-7,10,13-14H,2-4,8-9H2,1H3/t13-,14+. The van der Waals surface area contributed by atoms with E-state index in [9.17, 15) is 14.4 Å². The summed E-state index contributed by atoms with van der Waals surface area (Å²) in [5.41, 5.74) is 0.491. The summed E-state index contributed by atoms with van der Waals surface area (Å²) < 4.78 is 5.16. The molecule has 22 heavy (non-hydrogen) atoms. The SMILES string of the molecule is CCC(=O)Oc1cccc(N2C(=O)[C@H]3CCCC[C@H]3C2=O)c1. The van der Waals surface area contributed by atoms with Crippen LogP contribution in [0.25, 0.3) is 0 Å². The highest BCUT2D eigenvalue weighted by atomic mass is 16.5. The maximum Gasteiger partial charge on any atom is 0.310 e. The van der Waals surface area contributed by atoms with Crippen LogP contribution in [-0.4, -0.2) is 17.8 Å². The molecule has 2 amide bonds. The van der Waals surface area contributed by atoms with Gasteiger partial charge in [0.2, 0.25) is 11.8 Å². The summed E-state index contributed by atoms with van der Waals surface area (Å²) in [4.78, 5) is 37.7. The topological polar surface area (TPSA) is 63.7 Å². The van der Waals surface area contributed by atoms with Gasteiger partial charge in [-0.1, -0.05) is 25.8 Å². The largest absolute Gasteiger partial charge is 0.426 e. The van der Waals surface area contributed by atoms with Crippen LogP contribution in [0.5, 0.6) is 5.75 Å². The normalized spacial score (nSPS) is 24.3. The molecule has 0 unspecified atom stereocenters. The molecular formula is C17H19NO4. The number of imide groups is 1. The molecular weight excluding hydrogens is 282 g/mol. The summed E-state index contributed by atoms with van der Waals surface area (Å²) in [7, 11) is 0. The van der Waals surface area contributed by atoms with E-state index in [4.69, 9.17) is 4.74 Å². The van der Waals surface area contributed by atoms with E-state index in [0.717, 1.165) is 25.7 Å². The van der Waals surface area contributed by atoms with Crippen molar-refractivity contribution in [2.24, 2.45) is 11.8 Å². The molecule has 1 aromatic carbocycles. The van der Waals surface area contributed by atoms with E-state index in [1.165, 1.54) is 4.90 Å². The van der Waals surface area contributed by atoms with Gasteiger partial charge in [0, 0.05) is 12.5 Å². The fourth-order valence-electron chi connectivity index (χ4n) is 3.31. The average Bonchev–Trinajstić information content (AvgIpc) is 2.79. The molecule has 0 bridgehead atoms. The van der Waals surface area contributed by atoms with Gasteiger partial charge in [0.1, 0.15) is 5.75 Å². The van der Waals surface area contributed by atoms with Crippen molar-refractivity contribution in [3.05, 3.63) is 24.3 Å². The Hall–Kier alpha value is -2.17. The predicted molar refractivity (Wildman–Crippen MR) is 80.3 cm³/mol. The maximum absolute atomic E-state index is 12.5. The second-order valence-corrected chi connectivity index (χ2v) is 5.83. The first-order valence-electron chi connectivity index (χ1n) is 7.80. The molecule has 0 aromatic heterocycles. The third-order valence-electron chi connectivity index (χ3n) is 4.44. The van der Waals surface area contributed by atoms with Gasteiger partial charge in [-0.3, -0.25) is 14.4 Å². The first-order valence-corrected chi connectivity index (χ1v) is 7.80. The molecule has 0 spiro atoms. The first kappa shape index (κ1) is 14.8. The molecule has 116 valence electrons. The van der Waals surface area contributed by atoms with E-state index in [0.29, 0.717) is 11.4 Å². The minimum atomic E-state index is -0.343. The summed E-state index contributed by atoms with van der Waals surface area (Å²) in [6.07, 6.45) is 3.85. The molecule has 3 rings (SSSR count). The summed E-state index contributed by atoms with van der Waals surface area (Å²) >= 11 is 0. The van der Waals surface area contributed by atoms with Gasteiger partial charge in [-0.05, 0) is 25.0 Å². The van der Waals surface area contributed by atoms with Crippen LogP contribution in [0.4, 0.5) is 5.69 Å². The van der Waals surface area contributed by atoms with Crippen LogP contribution < -0.4 is 9.64 Å². The van der Waals surface area contributed by atoms with Crippen molar-refractivity contribution in [1.82, 2.24) is 0 Å². The van der Waals surface area contributed by atoms with E-state index >= 15 is 0 Å². The van der Waals surface area contributed by atoms with Gasteiger partial charge in [0.25, 0.3) is 0 Å². The molecule has 0 N–H and O–H groups in total. The zero-order chi connectivity index (χ0) is 15.7. The number of carbonyl (C=O) groups is 3. The molecule has 0 radical (unpaired) electrons. The van der Waals surface area contributed by atoms with Crippen LogP contribution in [0.2, 0.25) is 0 Å². The number of amides is 2. The number of nitrogens with zero attached hydrogens (tertiary/aromatic N) is 1. The van der Waals surface area contributed by atoms with Crippen molar-refractivity contribution in [2.75, 3.05) is 4.90 Å². The van der Waals surface area contributed by atoms with Crippen molar-refractivity contribution >= 4 is 23.5 Å². The number of hydrogen-bond acceptors (Lipinski definition) is 4. The van der Waals surface area contributed by atoms with Crippen LogP contribution in [0, 0.1) is 11.8 Å². The molecule has 2 aliphatic rings. The predicted octanol–water partition coefficient (Wildman–Crippen LogP) is 2.68. The third-order valence-corrected chi connectivity index (χ3v) is 4.44. The van der Waals surface area contributed by atoms with E-state index in [1.54, 1.807) is 31.2 Å². The third kappa shape index (κ3) is 2.51. The highest BCUT2D eigenvalue weighted by Gasteiger charge is 2.48. The number of esters is 1. The van der Waals surface area contributed by atoms with E-state index in [2.05, 4.69) is 0 Å². The lowest BCUT2D eigenvalue weighted by atomic mass is 9.81. The number of fused-ring (bicyclic) bond motifs is 1. The summed E-state index contributed by atoms with van der Waals surface area (Å²) in [6, 6.07) is 6.63. The molecule has 1 saturated heterocycles. The number of carbonyl (C=O) groups excluding carboxylic acids is 3. The zero-order valence-corrected chi connectivity index (χ0v) is 12.6. The Labute approximate surface area is 129 Å². The summed E-state index contributed by atoms with van der Waals surface area (Å²) in [5, 5.41) is 0. The number of anilines is 1. The lowest BCUT2D eigenvalue weighted by Crippen LogP contribution is -2.30. The monoisotopic (exact) mass is 301 g/mol. The van der Waals surface area contributed by atoms with Crippen LogP contribution in [0.3, 0.4) is 0 Å². The van der Waals surface area contributed by atoms with Crippen molar-refractivity contribution < 1.29 is 19.1 Å². The number of ether oxygens (including phenoxy) is 1. The lowest BCUT2D eigenvalue weighted by Gasteiger charge is -2.19. The van der Waals surface area contributed by atoms with Crippen molar-refractivity contribution in [2.45, 2.75) is 39.0 Å². The Balaban J connectivity index is 1.87. The highest BCUT2D eigenvalue weighted by molar-refractivity contribution is 6.22. The zero-order valence-electron chi connectivity index (χ0n) is 12.6. The van der Waals surface area contributed by atoms with Crippen molar-refractivity contribution in [1.29, 1.82) is 0 Å². The van der Waals surface area contributed by atoms with Gasteiger partial charge < -0.3 is 4.74 Å². The van der Waals surface area contributed by atoms with Gasteiger partial charge in [0.15, 0.2) is 0 Å². The Morgan fingerprint density at radius 2 is 1.82 bits per heavy atom. The fourth-order valence-corrected chi connectivity index (χ4v) is 3.31. The smallest absolute Gasteiger partial charge is 0.310 e. The molecule has 5 heteroatoms. The number of benzene rings is 1. The minimum absolute atomic E-state index is 0.117. The Bertz CT molecular complexity index is 601. The molecule has 1 saturated carbocycles. The Morgan fingerprint density at radius 1 is 1.18 bits per heavy atom. The molecule has 1 aliphatic carbocycles. The number of rotatable bonds is 3. The minimum Gasteiger partial charge on any atom is -0.426 e. The van der Waals surface area contributed by atoms with E-state index < -0.39 is 0 Å². The summed E-state index contributed by atoms with van der Waals surface area (Å²) in [5.74, 6) is -0.571. The molecule has 2 atom stereocenters. The number of hydrogen-bond donors (Lipinski definition) is 0. The van der Waals surface area contributed by atoms with Crippen LogP contribution >= 0.6 is 0 Å². The summed E-state index contributed by atoms with van der Waals surface area (Å²) in [6.45, 7) is 1.71. The van der Waals surface area contributed by atoms with Gasteiger partial charge >= 0.3 is 5.97 Å². The van der Waals surface area contributed by atoms with E-state index in [1.807, 2.05) is 0 Å². The van der Waals surface area contributed by atoms with Crippen molar-refractivity contribution in [3.63, 3.8) is 0 Å². The van der Waals surface area contributed by atoms with Crippen LogP contribution in [-0.2, 0) is 14.4 Å². The Kier molecular flexibility index (Phi) is 3.96. The van der Waals surface area contributed by atoms with Crippen molar-refractivity contribution in [3.8, 4) is 5.75 Å².